The number of rotatable bonds is 7. The molecule has 0 radical (unpaired) electrons. The van der Waals surface area contributed by atoms with Gasteiger partial charge in [-0.15, -0.1) is 0 Å². The molecule has 1 aromatic rings. The number of nitrogens with zero attached hydrogens (tertiary/aromatic N) is 3. The molecule has 3 unspecified atom stereocenters. The van der Waals surface area contributed by atoms with Gasteiger partial charge in [0.2, 0.25) is 0 Å². The Balaban J connectivity index is 1.71. The lowest BCUT2D eigenvalue weighted by Gasteiger charge is -2.33. The standard InChI is InChI=1S/C29H40ClFN4/c1-17(2)13-23-22(16-25-34(6)20(5)28-29(32)33-11-12-35(25)28)15-24(30)27(31)26(23)19(4)14-21-10-8-7-9-18(21)3/h11-12,15,17-18,21,25H,4,7-10,13-14,16H2,1-3,5-6H3,(H2,32,33). The maximum absolute atomic E-state index is 15.7. The van der Waals surface area contributed by atoms with E-state index in [1.807, 2.05) is 12.3 Å². The lowest BCUT2D eigenvalue weighted by atomic mass is 9.75. The Morgan fingerprint density at radius 3 is 2.71 bits per heavy atom. The van der Waals surface area contributed by atoms with E-state index < -0.39 is 0 Å². The second kappa shape index (κ2) is 10.4. The summed E-state index contributed by atoms with van der Waals surface area (Å²) in [6.07, 6.45) is 11.0. The van der Waals surface area contributed by atoms with Crippen LogP contribution in [0.25, 0.3) is 5.57 Å². The topological polar surface area (TPSA) is 44.9 Å². The zero-order valence-corrected chi connectivity index (χ0v) is 22.6. The normalized spacial score (nSPS) is 24.3. The van der Waals surface area contributed by atoms with Crippen LogP contribution in [0.4, 0.5) is 4.39 Å². The summed E-state index contributed by atoms with van der Waals surface area (Å²) >= 11 is 6.55. The van der Waals surface area contributed by atoms with Gasteiger partial charge in [-0.05, 0) is 66.7 Å². The predicted molar refractivity (Wildman–Crippen MR) is 145 cm³/mol. The smallest absolute Gasteiger partial charge is 0.149 e. The van der Waals surface area contributed by atoms with Crippen LogP contribution in [0, 0.1) is 23.6 Å². The molecule has 4 nitrogen and oxygen atoms in total. The van der Waals surface area contributed by atoms with Crippen LogP contribution in [0.3, 0.4) is 0 Å². The number of benzene rings is 1. The third kappa shape index (κ3) is 5.02. The molecule has 1 fully saturated rings. The number of nitrogens with two attached hydrogens (primary N) is 1. The van der Waals surface area contributed by atoms with Crippen LogP contribution in [0.2, 0.25) is 5.02 Å². The van der Waals surface area contributed by atoms with Crippen molar-refractivity contribution < 1.29 is 4.39 Å². The van der Waals surface area contributed by atoms with E-state index in [2.05, 4.69) is 56.1 Å². The molecule has 35 heavy (non-hydrogen) atoms. The van der Waals surface area contributed by atoms with Crippen molar-refractivity contribution in [3.8, 4) is 0 Å². The summed E-state index contributed by atoms with van der Waals surface area (Å²) in [5.41, 5.74) is 11.9. The first-order valence-electron chi connectivity index (χ1n) is 13.0. The minimum Gasteiger partial charge on any atom is -0.382 e. The molecule has 2 heterocycles. The molecule has 0 spiro atoms. The van der Waals surface area contributed by atoms with Gasteiger partial charge < -0.3 is 15.5 Å². The molecule has 0 amide bonds. The highest BCUT2D eigenvalue weighted by molar-refractivity contribution is 6.31. The molecule has 0 bridgehead atoms. The Bertz CT molecular complexity index is 1090. The summed E-state index contributed by atoms with van der Waals surface area (Å²) < 4.78 is 15.7. The van der Waals surface area contributed by atoms with E-state index >= 15 is 4.39 Å². The lowest BCUT2D eigenvalue weighted by Crippen LogP contribution is -2.40. The van der Waals surface area contributed by atoms with Gasteiger partial charge in [0.1, 0.15) is 23.5 Å². The summed E-state index contributed by atoms with van der Waals surface area (Å²) in [6, 6.07) is 1.83. The van der Waals surface area contributed by atoms with E-state index in [-0.39, 0.29) is 17.0 Å². The Hall–Kier alpha value is -2.27. The van der Waals surface area contributed by atoms with E-state index in [0.29, 0.717) is 35.6 Å². The van der Waals surface area contributed by atoms with Crippen molar-refractivity contribution in [2.75, 3.05) is 7.05 Å². The van der Waals surface area contributed by atoms with Crippen LogP contribution in [0.15, 0.2) is 41.4 Å². The molecule has 190 valence electrons. The highest BCUT2D eigenvalue weighted by Gasteiger charge is 2.37. The first-order chi connectivity index (χ1) is 16.6. The number of allylic oxidation sites excluding steroid dienone is 2. The van der Waals surface area contributed by atoms with E-state index in [1.54, 1.807) is 6.20 Å². The maximum atomic E-state index is 15.7. The van der Waals surface area contributed by atoms with Crippen molar-refractivity contribution in [2.24, 2.45) is 28.5 Å². The van der Waals surface area contributed by atoms with Crippen LogP contribution in [0.1, 0.15) is 76.5 Å². The van der Waals surface area contributed by atoms with Crippen LogP contribution in [0.5, 0.6) is 0 Å². The molecular weight excluding hydrogens is 459 g/mol. The Kier molecular flexibility index (Phi) is 7.65. The lowest BCUT2D eigenvalue weighted by molar-refractivity contribution is 0.209. The molecule has 1 aliphatic carbocycles. The largest absolute Gasteiger partial charge is 0.382 e. The van der Waals surface area contributed by atoms with Gasteiger partial charge in [0.25, 0.3) is 0 Å². The van der Waals surface area contributed by atoms with E-state index in [9.17, 15) is 0 Å². The van der Waals surface area contributed by atoms with E-state index in [0.717, 1.165) is 40.9 Å². The molecule has 1 aromatic carbocycles. The Morgan fingerprint density at radius 1 is 1.31 bits per heavy atom. The average Bonchev–Trinajstić information content (AvgIpc) is 3.04. The van der Waals surface area contributed by atoms with Gasteiger partial charge in [-0.2, -0.15) is 0 Å². The van der Waals surface area contributed by atoms with E-state index in [4.69, 9.17) is 17.3 Å². The fourth-order valence-electron chi connectivity index (χ4n) is 6.11. The van der Waals surface area contributed by atoms with Crippen LogP contribution in [-0.2, 0) is 12.8 Å². The minimum atomic E-state index is -0.316. The number of likely N-dealkylation sites (N-methyl/N-ethyl adjacent to an activating group) is 1. The first kappa shape index (κ1) is 25.8. The van der Waals surface area contributed by atoms with Crippen LogP contribution in [-0.4, -0.2) is 28.8 Å². The van der Waals surface area contributed by atoms with Gasteiger partial charge in [0, 0.05) is 37.1 Å². The number of fused-ring (bicyclic) bond motifs is 1. The van der Waals surface area contributed by atoms with Gasteiger partial charge in [0.05, 0.1) is 5.02 Å². The monoisotopic (exact) mass is 498 g/mol. The zero-order chi connectivity index (χ0) is 25.4. The third-order valence-electron chi connectivity index (χ3n) is 8.17. The number of halogens is 2. The van der Waals surface area contributed by atoms with Gasteiger partial charge in [0.15, 0.2) is 0 Å². The summed E-state index contributed by atoms with van der Waals surface area (Å²) in [7, 11) is 2.07. The fourth-order valence-corrected chi connectivity index (χ4v) is 6.33. The van der Waals surface area contributed by atoms with Crippen LogP contribution < -0.4 is 5.73 Å². The Labute approximate surface area is 215 Å². The number of amidine groups is 1. The number of hydrogen-bond acceptors (Lipinski definition) is 4. The summed E-state index contributed by atoms with van der Waals surface area (Å²) in [6.45, 7) is 13.2. The fraction of sp³-hybridized carbons (Fsp3) is 0.552. The number of hydrogen-bond donors (Lipinski definition) is 1. The molecule has 2 aliphatic heterocycles. The molecule has 2 N–H and O–H groups in total. The zero-order valence-electron chi connectivity index (χ0n) is 21.9. The first-order valence-corrected chi connectivity index (χ1v) is 13.4. The number of aliphatic imine (C=N–C) groups is 1. The van der Waals surface area contributed by atoms with E-state index in [1.165, 1.54) is 25.7 Å². The molecule has 6 heteroatoms. The van der Waals surface area contributed by atoms with Crippen molar-refractivity contribution >= 4 is 23.0 Å². The van der Waals surface area contributed by atoms with Gasteiger partial charge >= 0.3 is 0 Å². The Morgan fingerprint density at radius 2 is 2.03 bits per heavy atom. The van der Waals surface area contributed by atoms with Crippen molar-refractivity contribution in [2.45, 2.75) is 78.8 Å². The molecule has 3 aliphatic rings. The quantitative estimate of drug-likeness (QED) is 0.436. The predicted octanol–water partition coefficient (Wildman–Crippen LogP) is 7.10. The van der Waals surface area contributed by atoms with Crippen molar-refractivity contribution in [3.05, 3.63) is 64.0 Å². The minimum absolute atomic E-state index is 0.0159. The van der Waals surface area contributed by atoms with Gasteiger partial charge in [-0.1, -0.05) is 58.2 Å². The third-order valence-corrected chi connectivity index (χ3v) is 8.44. The average molecular weight is 499 g/mol. The van der Waals surface area contributed by atoms with Crippen molar-refractivity contribution in [1.82, 2.24) is 9.80 Å². The molecule has 3 atom stereocenters. The highest BCUT2D eigenvalue weighted by atomic mass is 35.5. The second-order valence-electron chi connectivity index (χ2n) is 11.1. The summed E-state index contributed by atoms with van der Waals surface area (Å²) in [5, 5.41) is 0.182. The highest BCUT2D eigenvalue weighted by Crippen LogP contribution is 2.41. The molecule has 0 aromatic heterocycles. The maximum Gasteiger partial charge on any atom is 0.149 e. The van der Waals surface area contributed by atoms with Crippen molar-refractivity contribution in [3.63, 3.8) is 0 Å². The molecule has 0 saturated heterocycles. The SMILES string of the molecule is C=C(CC1CCCCC1C)c1c(F)c(Cl)cc(CC2N(C)C(C)=C3C(N)=NC=CN32)c1CC(C)C. The molecule has 1 saturated carbocycles. The second-order valence-corrected chi connectivity index (χ2v) is 11.5. The molecular formula is C29H40ClFN4. The van der Waals surface area contributed by atoms with Crippen molar-refractivity contribution in [1.29, 1.82) is 0 Å². The summed E-state index contributed by atoms with van der Waals surface area (Å²) in [5.74, 6) is 1.79. The van der Waals surface area contributed by atoms with Gasteiger partial charge in [-0.3, -0.25) is 0 Å². The van der Waals surface area contributed by atoms with Crippen LogP contribution >= 0.6 is 11.6 Å². The molecule has 4 rings (SSSR count). The van der Waals surface area contributed by atoms with Gasteiger partial charge in [-0.25, -0.2) is 9.38 Å². The summed E-state index contributed by atoms with van der Waals surface area (Å²) in [4.78, 5) is 8.68.